The molecule has 0 aliphatic heterocycles. The third-order valence-electron chi connectivity index (χ3n) is 4.62. The number of ether oxygens (including phenoxy) is 2. The molecule has 1 atom stereocenters. The molecule has 0 spiro atoms. The molecule has 0 saturated heterocycles. The Bertz CT molecular complexity index is 827. The van der Waals surface area contributed by atoms with Crippen molar-refractivity contribution in [3.05, 3.63) is 36.3 Å². The summed E-state index contributed by atoms with van der Waals surface area (Å²) in [5, 5.41) is 2.78. The lowest BCUT2D eigenvalue weighted by molar-refractivity contribution is -0.120. The van der Waals surface area contributed by atoms with Gasteiger partial charge in [0.05, 0.1) is 25.1 Å². The van der Waals surface area contributed by atoms with E-state index in [1.807, 2.05) is 6.92 Å². The number of aromatic nitrogens is 3. The van der Waals surface area contributed by atoms with Crippen molar-refractivity contribution < 1.29 is 23.0 Å². The van der Waals surface area contributed by atoms with Crippen molar-refractivity contribution in [1.29, 1.82) is 0 Å². The van der Waals surface area contributed by atoms with Crippen LogP contribution >= 0.6 is 0 Å². The molecule has 2 aromatic heterocycles. The van der Waals surface area contributed by atoms with Crippen LogP contribution in [0.3, 0.4) is 0 Å². The predicted molar refractivity (Wildman–Crippen MR) is 101 cm³/mol. The third-order valence-corrected chi connectivity index (χ3v) is 4.62. The Morgan fingerprint density at radius 1 is 1.14 bits per heavy atom. The van der Waals surface area contributed by atoms with Crippen molar-refractivity contribution in [2.75, 3.05) is 6.61 Å². The Hall–Kier alpha value is -2.68. The van der Waals surface area contributed by atoms with Gasteiger partial charge in [-0.05, 0) is 38.7 Å². The highest BCUT2D eigenvalue weighted by atomic mass is 19.1. The van der Waals surface area contributed by atoms with Crippen LogP contribution < -0.4 is 10.1 Å². The SMILES string of the molecule is CC(=O)N[C@@H](C)COC1CCC(Oc2ncc(-c3ncc(F)cn3)cc2F)CC1. The molecule has 1 amide bonds. The van der Waals surface area contributed by atoms with E-state index in [4.69, 9.17) is 9.47 Å². The monoisotopic (exact) mass is 406 g/mol. The highest BCUT2D eigenvalue weighted by molar-refractivity contribution is 5.73. The van der Waals surface area contributed by atoms with E-state index in [9.17, 15) is 13.6 Å². The van der Waals surface area contributed by atoms with Crippen LogP contribution in [0.4, 0.5) is 8.78 Å². The number of carbonyl (C=O) groups excluding carboxylic acids is 1. The lowest BCUT2D eigenvalue weighted by Crippen LogP contribution is -2.37. The highest BCUT2D eigenvalue weighted by Crippen LogP contribution is 2.27. The third kappa shape index (κ3) is 6.15. The summed E-state index contributed by atoms with van der Waals surface area (Å²) < 4.78 is 38.9. The van der Waals surface area contributed by atoms with Crippen molar-refractivity contribution >= 4 is 5.91 Å². The summed E-state index contributed by atoms with van der Waals surface area (Å²) >= 11 is 0. The second-order valence-electron chi connectivity index (χ2n) is 7.19. The maximum absolute atomic E-state index is 14.4. The van der Waals surface area contributed by atoms with Crippen molar-refractivity contribution in [2.45, 2.75) is 57.8 Å². The number of amides is 1. The molecular weight excluding hydrogens is 382 g/mol. The molecule has 2 aromatic rings. The smallest absolute Gasteiger partial charge is 0.250 e. The summed E-state index contributed by atoms with van der Waals surface area (Å²) in [7, 11) is 0. The van der Waals surface area contributed by atoms with E-state index < -0.39 is 11.6 Å². The van der Waals surface area contributed by atoms with E-state index in [1.54, 1.807) is 0 Å². The average molecular weight is 406 g/mol. The van der Waals surface area contributed by atoms with Gasteiger partial charge in [-0.2, -0.15) is 0 Å². The van der Waals surface area contributed by atoms with E-state index in [2.05, 4.69) is 20.3 Å². The Morgan fingerprint density at radius 2 is 1.79 bits per heavy atom. The first-order chi connectivity index (χ1) is 13.9. The second-order valence-corrected chi connectivity index (χ2v) is 7.19. The second kappa shape index (κ2) is 9.69. The van der Waals surface area contributed by atoms with Crippen LogP contribution in [0.1, 0.15) is 39.5 Å². The van der Waals surface area contributed by atoms with E-state index in [0.29, 0.717) is 12.2 Å². The Balaban J connectivity index is 1.49. The number of pyridine rings is 1. The molecule has 1 fully saturated rings. The van der Waals surface area contributed by atoms with Gasteiger partial charge in [0.25, 0.3) is 5.88 Å². The van der Waals surface area contributed by atoms with Crippen LogP contribution in [-0.2, 0) is 9.53 Å². The van der Waals surface area contributed by atoms with Gasteiger partial charge in [-0.25, -0.2) is 23.7 Å². The number of hydrogen-bond acceptors (Lipinski definition) is 6. The quantitative estimate of drug-likeness (QED) is 0.761. The predicted octanol–water partition coefficient (Wildman–Crippen LogP) is 3.05. The van der Waals surface area contributed by atoms with Gasteiger partial charge in [0.15, 0.2) is 17.5 Å². The van der Waals surface area contributed by atoms with Crippen LogP contribution in [0.25, 0.3) is 11.4 Å². The van der Waals surface area contributed by atoms with Crippen LogP contribution in [0.5, 0.6) is 5.88 Å². The summed E-state index contributed by atoms with van der Waals surface area (Å²) in [5.74, 6) is -1.14. The molecule has 9 heteroatoms. The molecule has 29 heavy (non-hydrogen) atoms. The molecular formula is C20H24F2N4O3. The molecule has 1 aliphatic rings. The minimum absolute atomic E-state index is 0.0385. The van der Waals surface area contributed by atoms with Gasteiger partial charge in [0, 0.05) is 24.7 Å². The number of nitrogens with one attached hydrogen (secondary N) is 1. The summed E-state index contributed by atoms with van der Waals surface area (Å²) in [6.45, 7) is 3.83. The zero-order valence-corrected chi connectivity index (χ0v) is 16.4. The average Bonchev–Trinajstić information content (AvgIpc) is 2.69. The molecule has 156 valence electrons. The minimum Gasteiger partial charge on any atom is -0.472 e. The minimum atomic E-state index is -0.613. The topological polar surface area (TPSA) is 86.2 Å². The zero-order valence-electron chi connectivity index (χ0n) is 16.4. The standard InChI is InChI=1S/C20H24F2N4O3/c1-12(26-13(2)27)11-28-16-3-5-17(6-4-16)29-20-18(22)7-14(8-25-20)19-23-9-15(21)10-24-19/h7-10,12,16-17H,3-6,11H2,1-2H3,(H,26,27)/t12-,16?,17?/m0/s1. The molecule has 0 unspecified atom stereocenters. The summed E-state index contributed by atoms with van der Waals surface area (Å²) in [5.41, 5.74) is 0.347. The lowest BCUT2D eigenvalue weighted by atomic mass is 9.95. The van der Waals surface area contributed by atoms with Gasteiger partial charge in [-0.15, -0.1) is 0 Å². The fourth-order valence-electron chi connectivity index (χ4n) is 3.24. The van der Waals surface area contributed by atoms with Crippen LogP contribution in [0, 0.1) is 11.6 Å². The fourth-order valence-corrected chi connectivity index (χ4v) is 3.24. The normalized spacial score (nSPS) is 20.1. The van der Waals surface area contributed by atoms with Crippen molar-refractivity contribution in [2.24, 2.45) is 0 Å². The molecule has 7 nitrogen and oxygen atoms in total. The van der Waals surface area contributed by atoms with E-state index in [0.717, 1.165) is 38.1 Å². The van der Waals surface area contributed by atoms with E-state index in [1.165, 1.54) is 19.2 Å². The molecule has 2 heterocycles. The van der Waals surface area contributed by atoms with E-state index in [-0.39, 0.29) is 35.9 Å². The van der Waals surface area contributed by atoms with Gasteiger partial charge in [-0.1, -0.05) is 0 Å². The fraction of sp³-hybridized carbons (Fsp3) is 0.500. The maximum Gasteiger partial charge on any atom is 0.250 e. The highest BCUT2D eigenvalue weighted by Gasteiger charge is 2.25. The number of nitrogens with zero attached hydrogens (tertiary/aromatic N) is 3. The molecule has 1 N–H and O–H groups in total. The molecule has 0 bridgehead atoms. The zero-order chi connectivity index (χ0) is 20.8. The molecule has 1 saturated carbocycles. The Kier molecular flexibility index (Phi) is 7.03. The first-order valence-electron chi connectivity index (χ1n) is 9.59. The van der Waals surface area contributed by atoms with Gasteiger partial charge in [0.1, 0.15) is 6.10 Å². The number of halogens is 2. The lowest BCUT2D eigenvalue weighted by Gasteiger charge is -2.29. The maximum atomic E-state index is 14.4. The molecule has 3 rings (SSSR count). The van der Waals surface area contributed by atoms with Crippen molar-refractivity contribution in [3.8, 4) is 17.3 Å². The molecule has 0 aromatic carbocycles. The number of rotatable bonds is 7. The van der Waals surface area contributed by atoms with Crippen molar-refractivity contribution in [3.63, 3.8) is 0 Å². The first-order valence-corrected chi connectivity index (χ1v) is 9.59. The summed E-state index contributed by atoms with van der Waals surface area (Å²) in [6, 6.07) is 1.19. The summed E-state index contributed by atoms with van der Waals surface area (Å²) in [4.78, 5) is 22.7. The van der Waals surface area contributed by atoms with Crippen LogP contribution in [0.2, 0.25) is 0 Å². The molecule has 1 aliphatic carbocycles. The number of carbonyl (C=O) groups is 1. The van der Waals surface area contributed by atoms with Crippen LogP contribution in [0.15, 0.2) is 24.7 Å². The summed E-state index contributed by atoms with van der Waals surface area (Å²) in [6.07, 6.45) is 6.43. The van der Waals surface area contributed by atoms with Crippen molar-refractivity contribution in [1.82, 2.24) is 20.3 Å². The Labute approximate surface area is 167 Å². The van der Waals surface area contributed by atoms with Gasteiger partial charge >= 0.3 is 0 Å². The Morgan fingerprint density at radius 3 is 2.41 bits per heavy atom. The molecule has 0 radical (unpaired) electrons. The number of hydrogen-bond donors (Lipinski definition) is 1. The first kappa shape index (κ1) is 21.0. The van der Waals surface area contributed by atoms with E-state index >= 15 is 0 Å². The van der Waals surface area contributed by atoms with Crippen LogP contribution in [-0.4, -0.2) is 45.7 Å². The van der Waals surface area contributed by atoms with Gasteiger partial charge < -0.3 is 14.8 Å². The van der Waals surface area contributed by atoms with Gasteiger partial charge in [0.2, 0.25) is 5.91 Å². The largest absolute Gasteiger partial charge is 0.472 e. The van der Waals surface area contributed by atoms with Gasteiger partial charge in [-0.3, -0.25) is 4.79 Å².